The zero-order chi connectivity index (χ0) is 16.2. The topological polar surface area (TPSA) is 67.6 Å². The number of nitrogens with one attached hydrogen (secondary N) is 1. The molecule has 0 amide bonds. The van der Waals surface area contributed by atoms with E-state index in [1.165, 1.54) is 12.0 Å². The number of hydrogen-bond acceptors (Lipinski definition) is 6. The molecule has 2 heterocycles. The maximum atomic E-state index is 11.3. The fraction of sp³-hybridized carbons (Fsp3) is 0.375. The lowest BCUT2D eigenvalue weighted by Gasteiger charge is -2.34. The van der Waals surface area contributed by atoms with Gasteiger partial charge in [0.15, 0.2) is 5.75 Å². The van der Waals surface area contributed by atoms with E-state index in [-0.39, 0.29) is 16.7 Å². The van der Waals surface area contributed by atoms with Crippen molar-refractivity contribution in [1.82, 2.24) is 10.2 Å². The predicted octanol–water partition coefficient (Wildman–Crippen LogP) is 2.66. The second-order valence-corrected chi connectivity index (χ2v) is 6.37. The maximum Gasteiger partial charge on any atom is 0.311 e. The molecule has 1 aliphatic heterocycles. The van der Waals surface area contributed by atoms with Crippen LogP contribution in [0.5, 0.6) is 5.75 Å². The Hall–Kier alpha value is -1.96. The molecule has 1 aromatic heterocycles. The van der Waals surface area contributed by atoms with Crippen molar-refractivity contribution in [2.45, 2.75) is 6.04 Å². The molecular formula is C16H19N3O3S. The van der Waals surface area contributed by atoms with Gasteiger partial charge in [0.05, 0.1) is 18.1 Å². The van der Waals surface area contributed by atoms with Crippen molar-refractivity contribution in [1.29, 1.82) is 0 Å². The number of nitro benzene ring substituents is 1. The molecule has 1 saturated heterocycles. The summed E-state index contributed by atoms with van der Waals surface area (Å²) in [6.45, 7) is 3.70. The van der Waals surface area contributed by atoms with Crippen LogP contribution in [0.4, 0.5) is 5.69 Å². The molecule has 1 aliphatic rings. The standard InChI is InChI=1S/C16H19N3O3S/c1-22-14-5-4-12(11-13(14)19(20)21)16(15-3-2-10-23-15)18-8-6-17-7-9-18/h2-5,10-11,16-17H,6-9H2,1H3/t16-/m0/s1. The SMILES string of the molecule is COc1ccc([C@@H](c2cccs2)N2CCNCC2)cc1[N+](=O)[O-]. The monoisotopic (exact) mass is 333 g/mol. The van der Waals surface area contributed by atoms with Gasteiger partial charge < -0.3 is 10.1 Å². The van der Waals surface area contributed by atoms with E-state index in [4.69, 9.17) is 4.74 Å². The van der Waals surface area contributed by atoms with Crippen LogP contribution in [-0.2, 0) is 0 Å². The summed E-state index contributed by atoms with van der Waals surface area (Å²) < 4.78 is 5.11. The number of ether oxygens (including phenoxy) is 1. The molecule has 23 heavy (non-hydrogen) atoms. The zero-order valence-corrected chi connectivity index (χ0v) is 13.7. The first-order chi connectivity index (χ1) is 11.2. The number of hydrogen-bond donors (Lipinski definition) is 1. The molecule has 0 bridgehead atoms. The van der Waals surface area contributed by atoms with E-state index < -0.39 is 0 Å². The highest BCUT2D eigenvalue weighted by Gasteiger charge is 2.27. The maximum absolute atomic E-state index is 11.3. The van der Waals surface area contributed by atoms with Gasteiger partial charge in [0.1, 0.15) is 0 Å². The van der Waals surface area contributed by atoms with Gasteiger partial charge in [-0.15, -0.1) is 11.3 Å². The van der Waals surface area contributed by atoms with Crippen molar-refractivity contribution in [3.8, 4) is 5.75 Å². The van der Waals surface area contributed by atoms with Crippen LogP contribution >= 0.6 is 11.3 Å². The summed E-state index contributed by atoms with van der Waals surface area (Å²) in [5.74, 6) is 0.295. The van der Waals surface area contributed by atoms with E-state index >= 15 is 0 Å². The first-order valence-electron chi connectivity index (χ1n) is 7.51. The van der Waals surface area contributed by atoms with Crippen LogP contribution < -0.4 is 10.1 Å². The Morgan fingerprint density at radius 1 is 1.35 bits per heavy atom. The van der Waals surface area contributed by atoms with Gasteiger partial charge in [-0.3, -0.25) is 15.0 Å². The normalized spacial score (nSPS) is 16.9. The molecule has 0 saturated carbocycles. The van der Waals surface area contributed by atoms with Gasteiger partial charge in [-0.2, -0.15) is 0 Å². The molecule has 1 aromatic carbocycles. The van der Waals surface area contributed by atoms with Crippen LogP contribution in [0.3, 0.4) is 0 Å². The molecule has 122 valence electrons. The molecule has 1 N–H and O–H groups in total. The first kappa shape index (κ1) is 15.9. The Balaban J connectivity index is 2.02. The molecule has 1 atom stereocenters. The lowest BCUT2D eigenvalue weighted by Crippen LogP contribution is -2.45. The molecule has 0 spiro atoms. The summed E-state index contributed by atoms with van der Waals surface area (Å²) in [5.41, 5.74) is 0.948. The molecule has 0 radical (unpaired) electrons. The predicted molar refractivity (Wildman–Crippen MR) is 90.3 cm³/mol. The van der Waals surface area contributed by atoms with Crippen molar-refractivity contribution < 1.29 is 9.66 Å². The van der Waals surface area contributed by atoms with Gasteiger partial charge in [0.25, 0.3) is 0 Å². The second-order valence-electron chi connectivity index (χ2n) is 5.39. The summed E-state index contributed by atoms with van der Waals surface area (Å²) in [5, 5.41) is 16.7. The summed E-state index contributed by atoms with van der Waals surface area (Å²) >= 11 is 1.68. The van der Waals surface area contributed by atoms with Crippen LogP contribution in [0, 0.1) is 10.1 Å². The van der Waals surface area contributed by atoms with Crippen molar-refractivity contribution in [2.75, 3.05) is 33.3 Å². The van der Waals surface area contributed by atoms with Gasteiger partial charge in [-0.05, 0) is 23.1 Å². The molecule has 7 heteroatoms. The average molecular weight is 333 g/mol. The highest BCUT2D eigenvalue weighted by molar-refractivity contribution is 7.10. The van der Waals surface area contributed by atoms with Crippen LogP contribution in [0.2, 0.25) is 0 Å². The van der Waals surface area contributed by atoms with E-state index in [2.05, 4.69) is 16.3 Å². The fourth-order valence-corrected chi connectivity index (χ4v) is 3.85. The van der Waals surface area contributed by atoms with Gasteiger partial charge in [-0.25, -0.2) is 0 Å². The second kappa shape index (κ2) is 7.08. The van der Waals surface area contributed by atoms with Gasteiger partial charge in [0, 0.05) is 37.1 Å². The van der Waals surface area contributed by atoms with E-state index in [0.29, 0.717) is 5.75 Å². The summed E-state index contributed by atoms with van der Waals surface area (Å²) in [6.07, 6.45) is 0. The van der Waals surface area contributed by atoms with Crippen molar-refractivity contribution in [2.24, 2.45) is 0 Å². The van der Waals surface area contributed by atoms with Gasteiger partial charge in [-0.1, -0.05) is 12.1 Å². The van der Waals surface area contributed by atoms with Crippen molar-refractivity contribution in [3.63, 3.8) is 0 Å². The quantitative estimate of drug-likeness (QED) is 0.673. The minimum Gasteiger partial charge on any atom is -0.490 e. The minimum atomic E-state index is -0.383. The van der Waals surface area contributed by atoms with Gasteiger partial charge >= 0.3 is 5.69 Å². The zero-order valence-electron chi connectivity index (χ0n) is 12.9. The van der Waals surface area contributed by atoms with Crippen LogP contribution in [0.1, 0.15) is 16.5 Å². The minimum absolute atomic E-state index is 0.0155. The highest BCUT2D eigenvalue weighted by Crippen LogP contribution is 2.36. The fourth-order valence-electron chi connectivity index (χ4n) is 2.96. The number of piperazine rings is 1. The Kier molecular flexibility index (Phi) is 4.90. The Labute approximate surface area is 138 Å². The van der Waals surface area contributed by atoms with Crippen molar-refractivity contribution >= 4 is 17.0 Å². The summed E-state index contributed by atoms with van der Waals surface area (Å²) in [6, 6.07) is 9.42. The number of nitro groups is 1. The number of rotatable bonds is 5. The van der Waals surface area contributed by atoms with E-state index in [1.807, 2.05) is 17.5 Å². The summed E-state index contributed by atoms with van der Waals surface area (Å²) in [4.78, 5) is 14.5. The smallest absolute Gasteiger partial charge is 0.311 e. The molecule has 3 rings (SSSR count). The van der Waals surface area contributed by atoms with Gasteiger partial charge in [0.2, 0.25) is 0 Å². The van der Waals surface area contributed by atoms with E-state index in [1.54, 1.807) is 23.5 Å². The lowest BCUT2D eigenvalue weighted by molar-refractivity contribution is -0.385. The molecule has 0 aliphatic carbocycles. The molecular weight excluding hydrogens is 314 g/mol. The van der Waals surface area contributed by atoms with Crippen LogP contribution in [-0.4, -0.2) is 43.1 Å². The van der Waals surface area contributed by atoms with Crippen molar-refractivity contribution in [3.05, 3.63) is 56.3 Å². The third-order valence-electron chi connectivity index (χ3n) is 4.04. The third-order valence-corrected chi connectivity index (χ3v) is 4.97. The number of nitrogens with zero attached hydrogens (tertiary/aromatic N) is 2. The number of benzene rings is 1. The third kappa shape index (κ3) is 3.36. The van der Waals surface area contributed by atoms with Crippen LogP contribution in [0.15, 0.2) is 35.7 Å². The molecule has 2 aromatic rings. The molecule has 1 fully saturated rings. The highest BCUT2D eigenvalue weighted by atomic mass is 32.1. The lowest BCUT2D eigenvalue weighted by atomic mass is 10.0. The number of methoxy groups -OCH3 is 1. The van der Waals surface area contributed by atoms with Crippen LogP contribution in [0.25, 0.3) is 0 Å². The molecule has 0 unspecified atom stereocenters. The largest absolute Gasteiger partial charge is 0.490 e. The van der Waals surface area contributed by atoms with E-state index in [9.17, 15) is 10.1 Å². The first-order valence-corrected chi connectivity index (χ1v) is 8.39. The Bertz CT molecular complexity index is 669. The Morgan fingerprint density at radius 3 is 2.74 bits per heavy atom. The number of thiophene rings is 1. The Morgan fingerprint density at radius 2 is 2.13 bits per heavy atom. The average Bonchev–Trinajstić information content (AvgIpc) is 3.10. The van der Waals surface area contributed by atoms with E-state index in [0.717, 1.165) is 31.7 Å². The molecule has 6 nitrogen and oxygen atoms in total. The summed E-state index contributed by atoms with van der Waals surface area (Å²) in [7, 11) is 1.45.